The third-order valence-corrected chi connectivity index (χ3v) is 8.49. The zero-order chi connectivity index (χ0) is 20.7. The van der Waals surface area contributed by atoms with E-state index in [1.165, 1.54) is 57.6 Å². The first kappa shape index (κ1) is 23.0. The highest BCUT2D eigenvalue weighted by molar-refractivity contribution is 7.88. The smallest absolute Gasteiger partial charge is 0.222 e. The third-order valence-electron chi connectivity index (χ3n) is 7.16. The number of amides is 1. The summed E-state index contributed by atoms with van der Waals surface area (Å²) in [6.07, 6.45) is 14.9. The van der Waals surface area contributed by atoms with E-state index >= 15 is 0 Å². The Hall–Kier alpha value is -0.660. The molecule has 1 atom stereocenters. The molecule has 0 aromatic carbocycles. The summed E-state index contributed by atoms with van der Waals surface area (Å²) >= 11 is 0. The van der Waals surface area contributed by atoms with Crippen molar-refractivity contribution in [3.8, 4) is 0 Å². The lowest BCUT2D eigenvalue weighted by atomic mass is 9.86. The summed E-state index contributed by atoms with van der Waals surface area (Å²) in [6.45, 7) is 4.86. The number of piperidine rings is 2. The predicted molar refractivity (Wildman–Crippen MR) is 117 cm³/mol. The Morgan fingerprint density at radius 3 is 2.31 bits per heavy atom. The monoisotopic (exact) mass is 427 g/mol. The molecule has 1 amide bonds. The summed E-state index contributed by atoms with van der Waals surface area (Å²) in [6, 6.07) is -0.0674. The highest BCUT2D eigenvalue weighted by Crippen LogP contribution is 2.28. The van der Waals surface area contributed by atoms with Crippen LogP contribution in [0.2, 0.25) is 0 Å². The number of carbonyl (C=O) groups excluding carboxylic acids is 1. The first-order chi connectivity index (χ1) is 13.9. The third kappa shape index (κ3) is 7.21. The molecule has 29 heavy (non-hydrogen) atoms. The van der Waals surface area contributed by atoms with E-state index in [2.05, 4.69) is 4.90 Å². The lowest BCUT2D eigenvalue weighted by Gasteiger charge is -2.39. The summed E-state index contributed by atoms with van der Waals surface area (Å²) in [5, 5.41) is 0. The van der Waals surface area contributed by atoms with Crippen molar-refractivity contribution >= 4 is 15.9 Å². The maximum atomic E-state index is 12.8. The Morgan fingerprint density at radius 1 is 0.931 bits per heavy atom. The number of sulfonamides is 1. The molecular formula is C22H41N3O3S. The normalized spacial score (nSPS) is 25.4. The molecule has 1 saturated carbocycles. The van der Waals surface area contributed by atoms with Gasteiger partial charge in [0.2, 0.25) is 15.9 Å². The van der Waals surface area contributed by atoms with Crippen LogP contribution in [0.1, 0.15) is 77.0 Å². The van der Waals surface area contributed by atoms with Crippen molar-refractivity contribution in [2.45, 2.75) is 83.1 Å². The Morgan fingerprint density at radius 2 is 1.62 bits per heavy atom. The van der Waals surface area contributed by atoms with Gasteiger partial charge in [-0.15, -0.1) is 0 Å². The minimum absolute atomic E-state index is 0.0674. The summed E-state index contributed by atoms with van der Waals surface area (Å²) in [5.74, 6) is 0.940. The zero-order valence-electron chi connectivity index (χ0n) is 18.4. The minimum atomic E-state index is -3.28. The summed E-state index contributed by atoms with van der Waals surface area (Å²) in [5.41, 5.74) is 0. The van der Waals surface area contributed by atoms with Gasteiger partial charge in [0.05, 0.1) is 6.26 Å². The van der Waals surface area contributed by atoms with Crippen LogP contribution in [0.5, 0.6) is 0 Å². The van der Waals surface area contributed by atoms with Crippen molar-refractivity contribution in [1.82, 2.24) is 14.1 Å². The predicted octanol–water partition coefficient (Wildman–Crippen LogP) is 3.09. The fourth-order valence-electron chi connectivity index (χ4n) is 5.42. The van der Waals surface area contributed by atoms with Gasteiger partial charge in [-0.1, -0.05) is 38.5 Å². The average molecular weight is 428 g/mol. The van der Waals surface area contributed by atoms with Crippen LogP contribution in [0.3, 0.4) is 0 Å². The lowest BCUT2D eigenvalue weighted by molar-refractivity contribution is -0.133. The first-order valence-corrected chi connectivity index (χ1v) is 13.8. The van der Waals surface area contributed by atoms with Gasteiger partial charge in [-0.3, -0.25) is 4.79 Å². The van der Waals surface area contributed by atoms with Gasteiger partial charge in [0.15, 0.2) is 0 Å². The van der Waals surface area contributed by atoms with Crippen molar-refractivity contribution < 1.29 is 13.2 Å². The molecule has 3 aliphatic rings. The zero-order valence-corrected chi connectivity index (χ0v) is 19.2. The van der Waals surface area contributed by atoms with Crippen molar-refractivity contribution in [3.05, 3.63) is 0 Å². The van der Waals surface area contributed by atoms with Crippen LogP contribution < -0.4 is 0 Å². The summed E-state index contributed by atoms with van der Waals surface area (Å²) in [7, 11) is -3.28. The molecule has 3 fully saturated rings. The number of hydrogen-bond acceptors (Lipinski definition) is 4. The quantitative estimate of drug-likeness (QED) is 0.597. The molecule has 168 valence electrons. The van der Waals surface area contributed by atoms with Gasteiger partial charge in [0, 0.05) is 38.6 Å². The molecular weight excluding hydrogens is 386 g/mol. The minimum Gasteiger partial charge on any atom is -0.341 e. The van der Waals surface area contributed by atoms with E-state index in [0.717, 1.165) is 45.4 Å². The molecule has 2 saturated heterocycles. The van der Waals surface area contributed by atoms with E-state index in [1.54, 1.807) is 4.31 Å². The molecule has 3 rings (SSSR count). The highest BCUT2D eigenvalue weighted by atomic mass is 32.2. The van der Waals surface area contributed by atoms with E-state index in [0.29, 0.717) is 25.4 Å². The van der Waals surface area contributed by atoms with Crippen LogP contribution >= 0.6 is 0 Å². The van der Waals surface area contributed by atoms with Gasteiger partial charge < -0.3 is 9.80 Å². The molecule has 1 aliphatic carbocycles. The second-order valence-electron chi connectivity index (χ2n) is 9.45. The van der Waals surface area contributed by atoms with Gasteiger partial charge in [-0.25, -0.2) is 8.42 Å². The van der Waals surface area contributed by atoms with Gasteiger partial charge >= 0.3 is 0 Å². The maximum absolute atomic E-state index is 12.8. The van der Waals surface area contributed by atoms with Crippen molar-refractivity contribution in [3.63, 3.8) is 0 Å². The van der Waals surface area contributed by atoms with Crippen LogP contribution in [-0.2, 0) is 14.8 Å². The van der Waals surface area contributed by atoms with Gasteiger partial charge in [0.25, 0.3) is 0 Å². The van der Waals surface area contributed by atoms with Crippen LogP contribution in [0, 0.1) is 5.92 Å². The number of rotatable bonds is 8. The second kappa shape index (κ2) is 11.1. The fraction of sp³-hybridized carbons (Fsp3) is 0.955. The summed E-state index contributed by atoms with van der Waals surface area (Å²) < 4.78 is 26.7. The van der Waals surface area contributed by atoms with Crippen LogP contribution in [0.4, 0.5) is 0 Å². The molecule has 0 spiro atoms. The van der Waals surface area contributed by atoms with Crippen LogP contribution in [-0.4, -0.2) is 80.0 Å². The SMILES string of the molecule is CS(=O)(=O)N(CCN1CCCCC1)C1CCCN(C(=O)CCC2CCCCC2)C1. The molecule has 0 N–H and O–H groups in total. The molecule has 0 bridgehead atoms. The topological polar surface area (TPSA) is 60.9 Å². The molecule has 7 heteroatoms. The van der Waals surface area contributed by atoms with E-state index in [-0.39, 0.29) is 11.9 Å². The second-order valence-corrected chi connectivity index (χ2v) is 11.4. The van der Waals surface area contributed by atoms with Crippen molar-refractivity contribution in [2.24, 2.45) is 5.92 Å². The van der Waals surface area contributed by atoms with E-state index in [9.17, 15) is 13.2 Å². The van der Waals surface area contributed by atoms with Crippen molar-refractivity contribution in [2.75, 3.05) is 45.5 Å². The Kier molecular flexibility index (Phi) is 8.81. The lowest BCUT2D eigenvalue weighted by Crippen LogP contribution is -2.53. The standard InChI is InChI=1S/C22H41N3O3S/c1-29(27,28)25(18-17-23-14-6-3-7-15-23)21-11-8-16-24(19-21)22(26)13-12-20-9-4-2-5-10-20/h20-21H,2-19H2,1H3. The Bertz CT molecular complexity index is 613. The molecule has 2 aliphatic heterocycles. The first-order valence-electron chi connectivity index (χ1n) is 11.9. The molecule has 0 aromatic heterocycles. The number of nitrogens with zero attached hydrogens (tertiary/aromatic N) is 3. The molecule has 6 nitrogen and oxygen atoms in total. The maximum Gasteiger partial charge on any atom is 0.222 e. The van der Waals surface area contributed by atoms with Gasteiger partial charge in [-0.05, 0) is 51.1 Å². The summed E-state index contributed by atoms with van der Waals surface area (Å²) in [4.78, 5) is 17.1. The molecule has 0 radical (unpaired) electrons. The van der Waals surface area contributed by atoms with E-state index in [1.807, 2.05) is 4.90 Å². The average Bonchev–Trinajstić information content (AvgIpc) is 2.73. The van der Waals surface area contributed by atoms with Gasteiger partial charge in [0.1, 0.15) is 0 Å². The van der Waals surface area contributed by atoms with E-state index < -0.39 is 10.0 Å². The van der Waals surface area contributed by atoms with Crippen LogP contribution in [0.15, 0.2) is 0 Å². The van der Waals surface area contributed by atoms with E-state index in [4.69, 9.17) is 0 Å². The Balaban J connectivity index is 1.51. The van der Waals surface area contributed by atoms with Crippen LogP contribution in [0.25, 0.3) is 0 Å². The molecule has 0 aromatic rings. The number of likely N-dealkylation sites (tertiary alicyclic amines) is 2. The van der Waals surface area contributed by atoms with Crippen molar-refractivity contribution in [1.29, 1.82) is 0 Å². The van der Waals surface area contributed by atoms with Gasteiger partial charge in [-0.2, -0.15) is 4.31 Å². The fourth-order valence-corrected chi connectivity index (χ4v) is 6.55. The largest absolute Gasteiger partial charge is 0.341 e. The molecule has 2 heterocycles. The highest BCUT2D eigenvalue weighted by Gasteiger charge is 2.32. The number of hydrogen-bond donors (Lipinski definition) is 0. The number of carbonyl (C=O) groups is 1. The molecule has 1 unspecified atom stereocenters. The Labute approximate surface area is 178 Å².